The predicted octanol–water partition coefficient (Wildman–Crippen LogP) is 4.91. The Morgan fingerprint density at radius 3 is 2.80 bits per heavy atom. The molecule has 8 heteroatoms. The van der Waals surface area contributed by atoms with E-state index in [9.17, 15) is 4.79 Å². The van der Waals surface area contributed by atoms with E-state index in [0.29, 0.717) is 16.5 Å². The van der Waals surface area contributed by atoms with Crippen LogP contribution >= 0.6 is 34.5 Å². The van der Waals surface area contributed by atoms with Crippen molar-refractivity contribution in [1.82, 2.24) is 15.2 Å². The van der Waals surface area contributed by atoms with Crippen LogP contribution in [-0.4, -0.2) is 34.9 Å². The zero-order chi connectivity index (χ0) is 20.9. The fraction of sp³-hybridized carbons (Fsp3) is 0.364. The first-order valence-corrected chi connectivity index (χ1v) is 11.6. The van der Waals surface area contributed by atoms with Crippen molar-refractivity contribution in [2.75, 3.05) is 13.1 Å². The minimum Gasteiger partial charge on any atom is -0.487 e. The van der Waals surface area contributed by atoms with Crippen molar-refractivity contribution >= 4 is 40.4 Å². The Morgan fingerprint density at radius 1 is 1.23 bits per heavy atom. The van der Waals surface area contributed by atoms with Crippen molar-refractivity contribution in [1.29, 1.82) is 0 Å². The lowest BCUT2D eigenvalue weighted by Crippen LogP contribution is -2.44. The third kappa shape index (κ3) is 5.64. The molecule has 3 heterocycles. The smallest absolute Gasteiger partial charge is 0.226 e. The van der Waals surface area contributed by atoms with Crippen LogP contribution in [-0.2, 0) is 22.5 Å². The van der Waals surface area contributed by atoms with Crippen molar-refractivity contribution in [2.24, 2.45) is 0 Å². The summed E-state index contributed by atoms with van der Waals surface area (Å²) in [6, 6.07) is 5.97. The van der Waals surface area contributed by atoms with Gasteiger partial charge in [0.2, 0.25) is 5.91 Å². The number of hydrogen-bond donors (Lipinski definition) is 1. The number of allylic oxidation sites excluding steroid dienone is 2. The molecule has 1 fully saturated rings. The number of amides is 1. The Kier molecular flexibility index (Phi) is 7.10. The van der Waals surface area contributed by atoms with Crippen molar-refractivity contribution in [3.8, 4) is 0 Å². The molecule has 0 radical (unpaired) electrons. The lowest BCUT2D eigenvalue weighted by molar-refractivity contribution is -0.121. The highest BCUT2D eigenvalue weighted by Gasteiger charge is 2.22. The molecule has 1 aromatic heterocycles. The number of piperidine rings is 1. The molecule has 1 N–H and O–H groups in total. The van der Waals surface area contributed by atoms with E-state index in [1.807, 2.05) is 41.8 Å². The monoisotopic (exact) mass is 463 g/mol. The molecule has 1 aromatic carbocycles. The molecule has 30 heavy (non-hydrogen) atoms. The van der Waals surface area contributed by atoms with E-state index < -0.39 is 0 Å². The highest BCUT2D eigenvalue weighted by Crippen LogP contribution is 2.26. The number of likely N-dealkylation sites (tertiary alicyclic amines) is 1. The van der Waals surface area contributed by atoms with E-state index in [2.05, 4.69) is 15.2 Å². The number of thiazole rings is 1. The summed E-state index contributed by atoms with van der Waals surface area (Å²) in [7, 11) is 0. The summed E-state index contributed by atoms with van der Waals surface area (Å²) in [4.78, 5) is 19.4. The summed E-state index contributed by atoms with van der Waals surface area (Å²) in [5, 5.41) is 7.13. The van der Waals surface area contributed by atoms with Crippen LogP contribution in [0.25, 0.3) is 0 Å². The Labute approximate surface area is 190 Å². The summed E-state index contributed by atoms with van der Waals surface area (Å²) in [5.74, 6) is 0.0229. The summed E-state index contributed by atoms with van der Waals surface area (Å²) in [6.07, 6.45) is 9.40. The first-order valence-electron chi connectivity index (χ1n) is 9.95. The van der Waals surface area contributed by atoms with Gasteiger partial charge in [-0.2, -0.15) is 0 Å². The molecule has 1 amide bonds. The molecule has 1 atom stereocenters. The van der Waals surface area contributed by atoms with Gasteiger partial charge in [-0.25, -0.2) is 4.98 Å². The zero-order valence-corrected chi connectivity index (χ0v) is 18.7. The first kappa shape index (κ1) is 21.4. The average Bonchev–Trinajstić information content (AvgIpc) is 3.21. The second-order valence-electron chi connectivity index (χ2n) is 7.49. The van der Waals surface area contributed by atoms with Crippen LogP contribution in [0.5, 0.6) is 0 Å². The summed E-state index contributed by atoms with van der Waals surface area (Å²) < 4.78 is 5.53. The van der Waals surface area contributed by atoms with Gasteiger partial charge < -0.3 is 10.1 Å². The number of benzene rings is 1. The Balaban J connectivity index is 1.21. The van der Waals surface area contributed by atoms with Crippen LogP contribution in [0.4, 0.5) is 0 Å². The number of ether oxygens (including phenoxy) is 1. The van der Waals surface area contributed by atoms with E-state index >= 15 is 0 Å². The fourth-order valence-electron chi connectivity index (χ4n) is 3.64. The van der Waals surface area contributed by atoms with Crippen LogP contribution in [0.1, 0.15) is 35.2 Å². The Bertz CT molecular complexity index is 952. The maximum atomic E-state index is 12.5. The molecule has 2 aromatic rings. The van der Waals surface area contributed by atoms with E-state index in [0.717, 1.165) is 48.7 Å². The largest absolute Gasteiger partial charge is 0.487 e. The van der Waals surface area contributed by atoms with Gasteiger partial charge in [-0.15, -0.1) is 11.3 Å². The quantitative estimate of drug-likeness (QED) is 0.660. The number of nitrogens with one attached hydrogen (secondary N) is 1. The molecule has 5 nitrogen and oxygen atoms in total. The maximum absolute atomic E-state index is 12.5. The molecule has 158 valence electrons. The number of rotatable bonds is 6. The third-order valence-electron chi connectivity index (χ3n) is 5.20. The van der Waals surface area contributed by atoms with Gasteiger partial charge in [0, 0.05) is 31.1 Å². The van der Waals surface area contributed by atoms with Gasteiger partial charge in [0.25, 0.3) is 0 Å². The standard InChI is InChI=1S/C22H23Cl2N3O2S/c23-18-5-4-15(11-19(18)24)13-27-8-6-16(7-9-27)25-21(28)12-17-14-30-22(26-17)20-3-1-2-10-29-20/h1-5,10-11,14,16,20H,6-9,12-13H2,(H,25,28). The number of aromatic nitrogens is 1. The molecule has 0 saturated carbocycles. The number of hydrogen-bond acceptors (Lipinski definition) is 5. The molecule has 0 aliphatic carbocycles. The van der Waals surface area contributed by atoms with Gasteiger partial charge in [-0.05, 0) is 42.7 Å². The number of carbonyl (C=O) groups is 1. The molecule has 1 unspecified atom stereocenters. The molecule has 2 aliphatic rings. The molecular weight excluding hydrogens is 441 g/mol. The molecule has 0 spiro atoms. The first-order chi connectivity index (χ1) is 14.6. The van der Waals surface area contributed by atoms with Crippen molar-refractivity contribution in [2.45, 2.75) is 38.0 Å². The van der Waals surface area contributed by atoms with Gasteiger partial charge in [-0.3, -0.25) is 9.69 Å². The highest BCUT2D eigenvalue weighted by atomic mass is 35.5. The summed E-state index contributed by atoms with van der Waals surface area (Å²) in [5.41, 5.74) is 1.94. The van der Waals surface area contributed by atoms with E-state index in [1.165, 1.54) is 11.3 Å². The van der Waals surface area contributed by atoms with Crippen LogP contribution in [0.2, 0.25) is 10.0 Å². The molecule has 0 bridgehead atoms. The molecule has 2 aliphatic heterocycles. The second-order valence-corrected chi connectivity index (χ2v) is 9.19. The number of halogens is 2. The topological polar surface area (TPSA) is 54.5 Å². The van der Waals surface area contributed by atoms with Crippen molar-refractivity contribution in [3.05, 3.63) is 74.4 Å². The van der Waals surface area contributed by atoms with Crippen molar-refractivity contribution < 1.29 is 9.53 Å². The van der Waals surface area contributed by atoms with Crippen LogP contribution in [0.15, 0.2) is 48.1 Å². The van der Waals surface area contributed by atoms with E-state index in [-0.39, 0.29) is 18.1 Å². The predicted molar refractivity (Wildman–Crippen MR) is 121 cm³/mol. The fourth-order valence-corrected chi connectivity index (χ4v) is 4.79. The van der Waals surface area contributed by atoms with Crippen LogP contribution in [0.3, 0.4) is 0 Å². The van der Waals surface area contributed by atoms with Crippen LogP contribution in [0, 0.1) is 0 Å². The van der Waals surface area contributed by atoms with E-state index in [4.69, 9.17) is 27.9 Å². The third-order valence-corrected chi connectivity index (χ3v) is 6.89. The minimum absolute atomic E-state index is 0.0229. The lowest BCUT2D eigenvalue weighted by atomic mass is 10.0. The molecule has 4 rings (SSSR count). The molecular formula is C22H23Cl2N3O2S. The minimum atomic E-state index is -0.156. The normalized spacial score (nSPS) is 19.6. The lowest BCUT2D eigenvalue weighted by Gasteiger charge is -2.32. The highest BCUT2D eigenvalue weighted by molar-refractivity contribution is 7.09. The van der Waals surface area contributed by atoms with Gasteiger partial charge in [0.05, 0.1) is 28.4 Å². The van der Waals surface area contributed by atoms with Gasteiger partial charge in [-0.1, -0.05) is 35.3 Å². The van der Waals surface area contributed by atoms with Crippen molar-refractivity contribution in [3.63, 3.8) is 0 Å². The van der Waals surface area contributed by atoms with Gasteiger partial charge >= 0.3 is 0 Å². The van der Waals surface area contributed by atoms with Gasteiger partial charge in [0.15, 0.2) is 6.10 Å². The number of carbonyl (C=O) groups excluding carboxylic acids is 1. The Hall–Kier alpha value is -1.86. The average molecular weight is 464 g/mol. The SMILES string of the molecule is O=C(Cc1csc(C2C=CC=CO2)n1)NC1CCN(Cc2ccc(Cl)c(Cl)c2)CC1. The number of nitrogens with zero attached hydrogens (tertiary/aromatic N) is 2. The summed E-state index contributed by atoms with van der Waals surface area (Å²) in [6.45, 7) is 2.71. The van der Waals surface area contributed by atoms with Crippen LogP contribution < -0.4 is 5.32 Å². The summed E-state index contributed by atoms with van der Waals surface area (Å²) >= 11 is 13.6. The molecule has 1 saturated heterocycles. The van der Waals surface area contributed by atoms with Gasteiger partial charge in [0.1, 0.15) is 5.01 Å². The Morgan fingerprint density at radius 2 is 2.07 bits per heavy atom. The van der Waals surface area contributed by atoms with E-state index in [1.54, 1.807) is 6.26 Å². The second kappa shape index (κ2) is 9.96. The maximum Gasteiger partial charge on any atom is 0.226 e. The zero-order valence-electron chi connectivity index (χ0n) is 16.4.